The fourth-order valence-electron chi connectivity index (χ4n) is 6.69. The van der Waals surface area contributed by atoms with Crippen LogP contribution < -0.4 is 14.5 Å². The Balaban J connectivity index is 1.33. The van der Waals surface area contributed by atoms with Gasteiger partial charge in [0.05, 0.1) is 37.5 Å². The SMILES string of the molecule is COc1ccc(CN2C[C@H]3C(=O)N(C)c4cnc5c(F)c(-c6cccc7cccc(Cl)c67)ncc5c4N3C[C@@H]2CS(=O)(=O)OC)cc1. The first-order valence-electron chi connectivity index (χ1n) is 14.9. The van der Waals surface area contributed by atoms with Crippen LogP contribution in [0, 0.1) is 5.82 Å². The van der Waals surface area contributed by atoms with E-state index in [2.05, 4.69) is 9.97 Å². The lowest BCUT2D eigenvalue weighted by atomic mass is 9.97. The summed E-state index contributed by atoms with van der Waals surface area (Å²) in [5, 5.41) is 2.42. The highest BCUT2D eigenvalue weighted by Crippen LogP contribution is 2.44. The topological polar surface area (TPSA) is 105 Å². The molecule has 0 spiro atoms. The zero-order valence-corrected chi connectivity index (χ0v) is 27.4. The quantitative estimate of drug-likeness (QED) is 0.214. The van der Waals surface area contributed by atoms with Crippen LogP contribution in [-0.2, 0) is 25.6 Å². The van der Waals surface area contributed by atoms with Gasteiger partial charge in [-0.25, -0.2) is 4.39 Å². The van der Waals surface area contributed by atoms with Gasteiger partial charge in [-0.2, -0.15) is 8.42 Å². The van der Waals surface area contributed by atoms with Crippen molar-refractivity contribution in [1.29, 1.82) is 0 Å². The molecule has 4 heterocycles. The number of hydrogen-bond acceptors (Lipinski definition) is 9. The molecule has 2 atom stereocenters. The number of fused-ring (bicyclic) bond motifs is 6. The van der Waals surface area contributed by atoms with Crippen molar-refractivity contribution in [3.8, 4) is 17.0 Å². The number of ether oxygens (including phenoxy) is 1. The Morgan fingerprint density at radius 3 is 2.47 bits per heavy atom. The first-order valence-corrected chi connectivity index (χ1v) is 16.9. The Kier molecular flexibility index (Phi) is 7.99. The van der Waals surface area contributed by atoms with Crippen LogP contribution in [-0.4, -0.2) is 81.4 Å². The van der Waals surface area contributed by atoms with Crippen molar-refractivity contribution in [2.24, 2.45) is 0 Å². The second kappa shape index (κ2) is 12.0. The van der Waals surface area contributed by atoms with Crippen molar-refractivity contribution >= 4 is 60.7 Å². The molecule has 2 aliphatic rings. The first kappa shape index (κ1) is 31.3. The highest BCUT2D eigenvalue weighted by Gasteiger charge is 2.45. The van der Waals surface area contributed by atoms with Gasteiger partial charge in [0.2, 0.25) is 0 Å². The second-order valence-corrected chi connectivity index (χ2v) is 13.9. The lowest BCUT2D eigenvalue weighted by Gasteiger charge is -2.50. The van der Waals surface area contributed by atoms with Crippen LogP contribution in [0.3, 0.4) is 0 Å². The molecule has 0 unspecified atom stereocenters. The normalized spacial score (nSPS) is 18.4. The molecule has 0 N–H and O–H groups in total. The number of nitrogens with zero attached hydrogens (tertiary/aromatic N) is 5. The highest BCUT2D eigenvalue weighted by atomic mass is 35.5. The molecule has 3 aromatic carbocycles. The Bertz CT molecular complexity index is 2140. The van der Waals surface area contributed by atoms with Crippen LogP contribution in [0.4, 0.5) is 15.8 Å². The van der Waals surface area contributed by atoms with E-state index in [1.165, 1.54) is 11.1 Å². The van der Waals surface area contributed by atoms with Gasteiger partial charge in [-0.05, 0) is 29.1 Å². The van der Waals surface area contributed by atoms with E-state index in [1.54, 1.807) is 32.5 Å². The Morgan fingerprint density at radius 1 is 1.00 bits per heavy atom. The fourth-order valence-corrected chi connectivity index (χ4v) is 7.90. The third-order valence-electron chi connectivity index (χ3n) is 9.08. The van der Waals surface area contributed by atoms with E-state index in [1.807, 2.05) is 58.3 Å². The van der Waals surface area contributed by atoms with Gasteiger partial charge in [-0.15, -0.1) is 0 Å². The standard InChI is InChI=1S/C34H31ClFN5O5S/c1-39-27-15-38-32-25(14-37-31(30(32)36)24-8-4-6-21-7-5-9-26(35)29(21)24)33(27)41-17-22(19-47(43,44)46-3)40(18-28(41)34(39)42)16-20-10-12-23(45-2)13-11-20/h4-15,22,28H,16-19H2,1-3H3/t22-,28+/m1/s1. The Morgan fingerprint density at radius 2 is 1.74 bits per heavy atom. The van der Waals surface area contributed by atoms with Crippen molar-refractivity contribution in [2.45, 2.75) is 18.6 Å². The van der Waals surface area contributed by atoms with Gasteiger partial charge in [0.25, 0.3) is 16.0 Å². The van der Waals surface area contributed by atoms with Crippen molar-refractivity contribution in [3.63, 3.8) is 0 Å². The molecule has 0 radical (unpaired) electrons. The van der Waals surface area contributed by atoms with Gasteiger partial charge in [0.1, 0.15) is 23.0 Å². The number of likely N-dealkylation sites (N-methyl/N-ethyl adjacent to an activating group) is 1. The average molecular weight is 676 g/mol. The monoisotopic (exact) mass is 675 g/mol. The van der Waals surface area contributed by atoms with Crippen LogP contribution >= 0.6 is 11.6 Å². The molecule has 0 bridgehead atoms. The molecule has 7 rings (SSSR count). The molecule has 0 aliphatic carbocycles. The number of benzene rings is 3. The first-order chi connectivity index (χ1) is 22.6. The van der Waals surface area contributed by atoms with E-state index in [4.69, 9.17) is 20.5 Å². The molecular weight excluding hydrogens is 645 g/mol. The number of halogens is 2. The summed E-state index contributed by atoms with van der Waals surface area (Å²) in [5.41, 5.74) is 2.71. The summed E-state index contributed by atoms with van der Waals surface area (Å²) in [7, 11) is 0.507. The van der Waals surface area contributed by atoms with Crippen LogP contribution in [0.2, 0.25) is 5.02 Å². The van der Waals surface area contributed by atoms with Gasteiger partial charge in [-0.1, -0.05) is 54.1 Å². The highest BCUT2D eigenvalue weighted by molar-refractivity contribution is 7.86. The summed E-state index contributed by atoms with van der Waals surface area (Å²) < 4.78 is 52.2. The number of aromatic nitrogens is 2. The molecule has 10 nitrogen and oxygen atoms in total. The third kappa shape index (κ3) is 5.44. The van der Waals surface area contributed by atoms with Crippen LogP contribution in [0.15, 0.2) is 73.1 Å². The molecular formula is C34H31ClFN5O5S. The number of amides is 1. The molecule has 13 heteroatoms. The summed E-state index contributed by atoms with van der Waals surface area (Å²) in [5.74, 6) is -0.401. The minimum atomic E-state index is -3.88. The lowest BCUT2D eigenvalue weighted by molar-refractivity contribution is -0.121. The van der Waals surface area contributed by atoms with Gasteiger partial charge in [0.15, 0.2) is 5.82 Å². The van der Waals surface area contributed by atoms with E-state index in [0.29, 0.717) is 45.0 Å². The van der Waals surface area contributed by atoms with E-state index >= 15 is 4.39 Å². The average Bonchev–Trinajstić information content (AvgIpc) is 3.07. The molecule has 1 amide bonds. The molecule has 242 valence electrons. The minimum Gasteiger partial charge on any atom is -0.497 e. The maximum absolute atomic E-state index is 16.5. The molecule has 1 fully saturated rings. The largest absolute Gasteiger partial charge is 0.497 e. The number of hydrogen-bond donors (Lipinski definition) is 0. The summed E-state index contributed by atoms with van der Waals surface area (Å²) in [6.45, 7) is 0.786. The predicted octanol–water partition coefficient (Wildman–Crippen LogP) is 5.26. The maximum atomic E-state index is 16.5. The van der Waals surface area contributed by atoms with Crippen molar-refractivity contribution in [1.82, 2.24) is 14.9 Å². The summed E-state index contributed by atoms with van der Waals surface area (Å²) in [6.07, 6.45) is 3.06. The number of piperazine rings is 1. The zero-order chi connectivity index (χ0) is 33.0. The third-order valence-corrected chi connectivity index (χ3v) is 10.7. The lowest BCUT2D eigenvalue weighted by Crippen LogP contribution is -2.66. The van der Waals surface area contributed by atoms with Gasteiger partial charge >= 0.3 is 0 Å². The van der Waals surface area contributed by atoms with Crippen molar-refractivity contribution < 1.29 is 26.5 Å². The summed E-state index contributed by atoms with van der Waals surface area (Å²) in [4.78, 5) is 28.3. The molecule has 0 saturated carbocycles. The maximum Gasteiger partial charge on any atom is 0.268 e. The number of methoxy groups -OCH3 is 1. The number of rotatable bonds is 7. The molecule has 2 aromatic heterocycles. The number of pyridine rings is 2. The zero-order valence-electron chi connectivity index (χ0n) is 25.9. The smallest absolute Gasteiger partial charge is 0.268 e. The van der Waals surface area contributed by atoms with Gasteiger partial charge in [0, 0.05) is 60.3 Å². The summed E-state index contributed by atoms with van der Waals surface area (Å²) >= 11 is 6.56. The van der Waals surface area contributed by atoms with E-state index < -0.39 is 28.0 Å². The van der Waals surface area contributed by atoms with Crippen molar-refractivity contribution in [2.75, 3.05) is 49.9 Å². The summed E-state index contributed by atoms with van der Waals surface area (Å²) in [6, 6.07) is 17.3. The van der Waals surface area contributed by atoms with Crippen LogP contribution in [0.25, 0.3) is 32.9 Å². The van der Waals surface area contributed by atoms with E-state index in [-0.39, 0.29) is 36.0 Å². The number of carbonyl (C=O) groups excluding carboxylic acids is 1. The number of anilines is 2. The molecule has 47 heavy (non-hydrogen) atoms. The van der Waals surface area contributed by atoms with Gasteiger partial charge < -0.3 is 14.5 Å². The molecule has 1 saturated heterocycles. The van der Waals surface area contributed by atoms with Crippen LogP contribution in [0.1, 0.15) is 5.56 Å². The second-order valence-electron chi connectivity index (χ2n) is 11.7. The predicted molar refractivity (Wildman–Crippen MR) is 180 cm³/mol. The molecule has 2 aliphatic heterocycles. The van der Waals surface area contributed by atoms with Crippen LogP contribution in [0.5, 0.6) is 5.75 Å². The Labute approximate surface area is 276 Å². The Hall–Kier alpha value is -4.36. The fraction of sp³-hybridized carbons (Fsp3) is 0.265. The van der Waals surface area contributed by atoms with E-state index in [0.717, 1.165) is 18.1 Å². The minimum absolute atomic E-state index is 0.0843. The van der Waals surface area contributed by atoms with Gasteiger partial charge in [-0.3, -0.25) is 23.8 Å². The van der Waals surface area contributed by atoms with Crippen molar-refractivity contribution in [3.05, 3.63) is 89.5 Å². The molecule has 5 aromatic rings. The van der Waals surface area contributed by atoms with E-state index in [9.17, 15) is 13.2 Å². The number of carbonyl (C=O) groups is 1.